The van der Waals surface area contributed by atoms with Crippen LogP contribution in [0.5, 0.6) is 5.75 Å². The van der Waals surface area contributed by atoms with Crippen LogP contribution >= 0.6 is 0 Å². The number of likely N-dealkylation sites (tertiary alicyclic amines) is 1. The summed E-state index contributed by atoms with van der Waals surface area (Å²) in [7, 11) is 1.89. The van der Waals surface area contributed by atoms with Crippen LogP contribution in [0.1, 0.15) is 20.3 Å². The number of rotatable bonds is 6. The number of carbonyl (C=O) groups is 1. The Labute approximate surface area is 135 Å². The minimum absolute atomic E-state index is 0.0931. The van der Waals surface area contributed by atoms with E-state index in [2.05, 4.69) is 5.32 Å². The molecule has 2 rings (SSSR count). The second-order valence-corrected chi connectivity index (χ2v) is 6.35. The highest BCUT2D eigenvalue weighted by Gasteiger charge is 2.34. The fourth-order valence-electron chi connectivity index (χ4n) is 2.85. The van der Waals surface area contributed by atoms with E-state index in [0.29, 0.717) is 19.0 Å². The number of nitrogens with zero attached hydrogens (tertiary/aromatic N) is 1. The maximum atomic E-state index is 13.8. The van der Waals surface area contributed by atoms with Crippen LogP contribution in [0.4, 0.5) is 8.78 Å². The molecule has 1 heterocycles. The van der Waals surface area contributed by atoms with Crippen LogP contribution in [0, 0.1) is 23.5 Å². The third kappa shape index (κ3) is 4.41. The normalized spacial score (nSPS) is 19.2. The van der Waals surface area contributed by atoms with E-state index in [1.165, 1.54) is 6.07 Å². The van der Waals surface area contributed by atoms with Gasteiger partial charge >= 0.3 is 0 Å². The van der Waals surface area contributed by atoms with E-state index in [0.717, 1.165) is 25.1 Å². The minimum atomic E-state index is -0.794. The Balaban J connectivity index is 2.07. The first-order chi connectivity index (χ1) is 10.9. The largest absolute Gasteiger partial charge is 0.477 e. The molecule has 1 aromatic rings. The molecule has 23 heavy (non-hydrogen) atoms. The Bertz CT molecular complexity index is 551. The number of hydrogen-bond acceptors (Lipinski definition) is 3. The molecular weight excluding hydrogens is 302 g/mol. The van der Waals surface area contributed by atoms with Gasteiger partial charge in [-0.25, -0.2) is 8.78 Å². The molecule has 128 valence electrons. The Morgan fingerprint density at radius 3 is 2.78 bits per heavy atom. The van der Waals surface area contributed by atoms with Gasteiger partial charge in [-0.15, -0.1) is 0 Å². The quantitative estimate of drug-likeness (QED) is 0.873. The molecule has 1 amide bonds. The molecule has 6 heteroatoms. The lowest BCUT2D eigenvalue weighted by molar-refractivity contribution is -0.139. The lowest BCUT2D eigenvalue weighted by atomic mass is 10.1. The molecule has 1 aliphatic rings. The lowest BCUT2D eigenvalue weighted by Gasteiger charge is -2.27. The highest BCUT2D eigenvalue weighted by Crippen LogP contribution is 2.24. The summed E-state index contributed by atoms with van der Waals surface area (Å²) in [5.41, 5.74) is 0. The van der Waals surface area contributed by atoms with Gasteiger partial charge in [0.15, 0.2) is 17.7 Å². The standard InChI is InChI=1S/C17H24F2N2O2/c1-11(2)16(23-15-5-4-13(18)8-14(15)19)17(22)21-7-6-12(10-21)9-20-3/h4-5,8,11-12,16,20H,6-7,9-10H2,1-3H3/t12-,16-/m0/s1. The third-order valence-electron chi connectivity index (χ3n) is 4.09. The van der Waals surface area contributed by atoms with Gasteiger partial charge in [-0.2, -0.15) is 0 Å². The predicted molar refractivity (Wildman–Crippen MR) is 84.2 cm³/mol. The molecule has 4 nitrogen and oxygen atoms in total. The summed E-state index contributed by atoms with van der Waals surface area (Å²) in [6, 6.07) is 3.11. The topological polar surface area (TPSA) is 41.6 Å². The first-order valence-corrected chi connectivity index (χ1v) is 7.97. The van der Waals surface area contributed by atoms with Crippen LogP contribution in [-0.4, -0.2) is 43.6 Å². The van der Waals surface area contributed by atoms with E-state index in [1.54, 1.807) is 4.90 Å². The maximum Gasteiger partial charge on any atom is 0.263 e. The molecule has 0 unspecified atom stereocenters. The number of halogens is 2. The van der Waals surface area contributed by atoms with Gasteiger partial charge < -0.3 is 15.0 Å². The smallest absolute Gasteiger partial charge is 0.263 e. The highest BCUT2D eigenvalue weighted by molar-refractivity contribution is 5.81. The number of nitrogens with one attached hydrogen (secondary N) is 1. The predicted octanol–water partition coefficient (Wildman–Crippen LogP) is 2.44. The van der Waals surface area contributed by atoms with Crippen molar-refractivity contribution in [1.29, 1.82) is 0 Å². The Hall–Kier alpha value is -1.69. The molecule has 0 spiro atoms. The molecule has 0 aliphatic carbocycles. The van der Waals surface area contributed by atoms with Crippen molar-refractivity contribution in [2.24, 2.45) is 11.8 Å². The number of benzene rings is 1. The van der Waals surface area contributed by atoms with Gasteiger partial charge in [-0.3, -0.25) is 4.79 Å². The fraction of sp³-hybridized carbons (Fsp3) is 0.588. The Morgan fingerprint density at radius 1 is 1.43 bits per heavy atom. The monoisotopic (exact) mass is 326 g/mol. The van der Waals surface area contributed by atoms with Crippen LogP contribution in [0.15, 0.2) is 18.2 Å². The van der Waals surface area contributed by atoms with Crippen molar-refractivity contribution in [3.63, 3.8) is 0 Å². The maximum absolute atomic E-state index is 13.8. The van der Waals surface area contributed by atoms with E-state index < -0.39 is 17.7 Å². The fourth-order valence-corrected chi connectivity index (χ4v) is 2.85. The second kappa shape index (κ2) is 7.73. The molecule has 0 aromatic heterocycles. The first kappa shape index (κ1) is 17.7. The van der Waals surface area contributed by atoms with Crippen LogP contribution in [0.2, 0.25) is 0 Å². The molecule has 1 N–H and O–H groups in total. The van der Waals surface area contributed by atoms with Crippen LogP contribution in [0.3, 0.4) is 0 Å². The number of ether oxygens (including phenoxy) is 1. The van der Waals surface area contributed by atoms with Gasteiger partial charge in [0.2, 0.25) is 0 Å². The molecular formula is C17H24F2N2O2. The summed E-state index contributed by atoms with van der Waals surface area (Å²) in [5.74, 6) is -1.38. The van der Waals surface area contributed by atoms with Crippen molar-refractivity contribution in [2.75, 3.05) is 26.7 Å². The van der Waals surface area contributed by atoms with Gasteiger partial charge in [-0.1, -0.05) is 13.8 Å². The molecule has 1 fully saturated rings. The first-order valence-electron chi connectivity index (χ1n) is 7.97. The van der Waals surface area contributed by atoms with Gasteiger partial charge in [0.1, 0.15) is 5.82 Å². The minimum Gasteiger partial charge on any atom is -0.477 e. The van der Waals surface area contributed by atoms with Crippen molar-refractivity contribution < 1.29 is 18.3 Å². The highest BCUT2D eigenvalue weighted by atomic mass is 19.1. The number of hydrogen-bond donors (Lipinski definition) is 1. The third-order valence-corrected chi connectivity index (χ3v) is 4.09. The second-order valence-electron chi connectivity index (χ2n) is 6.35. The Kier molecular flexibility index (Phi) is 5.93. The van der Waals surface area contributed by atoms with Gasteiger partial charge in [0, 0.05) is 19.2 Å². The van der Waals surface area contributed by atoms with Crippen molar-refractivity contribution in [3.05, 3.63) is 29.8 Å². The zero-order valence-corrected chi connectivity index (χ0v) is 13.8. The van der Waals surface area contributed by atoms with Crippen LogP contribution < -0.4 is 10.1 Å². The van der Waals surface area contributed by atoms with Crippen LogP contribution in [0.25, 0.3) is 0 Å². The lowest BCUT2D eigenvalue weighted by Crippen LogP contribution is -2.44. The Morgan fingerprint density at radius 2 is 2.17 bits per heavy atom. The van der Waals surface area contributed by atoms with Crippen molar-refractivity contribution in [2.45, 2.75) is 26.4 Å². The SMILES string of the molecule is CNC[C@@H]1CCN(C(=O)[C@@H](Oc2ccc(F)cc2F)C(C)C)C1. The molecule has 2 atom stereocenters. The van der Waals surface area contributed by atoms with E-state index >= 15 is 0 Å². The molecule has 0 saturated carbocycles. The van der Waals surface area contributed by atoms with Crippen molar-refractivity contribution >= 4 is 5.91 Å². The van der Waals surface area contributed by atoms with Gasteiger partial charge in [0.05, 0.1) is 0 Å². The van der Waals surface area contributed by atoms with E-state index in [-0.39, 0.29) is 17.6 Å². The number of carbonyl (C=O) groups excluding carboxylic acids is 1. The van der Waals surface area contributed by atoms with Crippen LogP contribution in [-0.2, 0) is 4.79 Å². The molecule has 0 bridgehead atoms. The average Bonchev–Trinajstić information content (AvgIpc) is 2.94. The van der Waals surface area contributed by atoms with Crippen molar-refractivity contribution in [1.82, 2.24) is 10.2 Å². The van der Waals surface area contributed by atoms with Gasteiger partial charge in [-0.05, 0) is 44.0 Å². The van der Waals surface area contributed by atoms with Crippen molar-refractivity contribution in [3.8, 4) is 5.75 Å². The molecule has 0 radical (unpaired) electrons. The summed E-state index contributed by atoms with van der Waals surface area (Å²) in [6.07, 6.45) is 0.172. The average molecular weight is 326 g/mol. The zero-order chi connectivity index (χ0) is 17.0. The summed E-state index contributed by atoms with van der Waals surface area (Å²) in [4.78, 5) is 14.5. The summed E-state index contributed by atoms with van der Waals surface area (Å²) in [6.45, 7) is 5.93. The zero-order valence-electron chi connectivity index (χ0n) is 13.8. The molecule has 1 aliphatic heterocycles. The summed E-state index contributed by atoms with van der Waals surface area (Å²) in [5, 5.41) is 3.12. The summed E-state index contributed by atoms with van der Waals surface area (Å²) < 4.78 is 32.3. The summed E-state index contributed by atoms with van der Waals surface area (Å²) >= 11 is 0. The van der Waals surface area contributed by atoms with E-state index in [4.69, 9.17) is 4.74 Å². The van der Waals surface area contributed by atoms with E-state index in [1.807, 2.05) is 20.9 Å². The number of amides is 1. The molecule has 1 saturated heterocycles. The van der Waals surface area contributed by atoms with Gasteiger partial charge in [0.25, 0.3) is 5.91 Å². The van der Waals surface area contributed by atoms with E-state index in [9.17, 15) is 13.6 Å². The molecule has 1 aromatic carbocycles.